The van der Waals surface area contributed by atoms with E-state index >= 15 is 0 Å². The number of amides is 1. The smallest absolute Gasteiger partial charge is 0.260 e. The maximum Gasteiger partial charge on any atom is 0.260 e. The molecule has 0 heterocycles. The van der Waals surface area contributed by atoms with Crippen molar-refractivity contribution in [2.75, 3.05) is 6.54 Å². The second-order valence-corrected chi connectivity index (χ2v) is 4.17. The van der Waals surface area contributed by atoms with Crippen molar-refractivity contribution < 1.29 is 9.53 Å². The van der Waals surface area contributed by atoms with E-state index in [2.05, 4.69) is 12.2 Å². The van der Waals surface area contributed by atoms with Crippen LogP contribution in [0.2, 0.25) is 0 Å². The second-order valence-electron chi connectivity index (χ2n) is 4.17. The fourth-order valence-corrected chi connectivity index (χ4v) is 1.46. The highest BCUT2D eigenvalue weighted by atomic mass is 16.5. The first-order chi connectivity index (χ1) is 8.15. The number of hydrogen-bond acceptors (Lipinski definition) is 2. The highest BCUT2D eigenvalue weighted by Crippen LogP contribution is 2.17. The summed E-state index contributed by atoms with van der Waals surface area (Å²) < 4.78 is 5.63. The quantitative estimate of drug-likeness (QED) is 0.770. The van der Waals surface area contributed by atoms with E-state index in [1.165, 1.54) is 0 Å². The van der Waals surface area contributed by atoms with Crippen molar-refractivity contribution >= 4 is 5.91 Å². The van der Waals surface area contributed by atoms with E-state index in [4.69, 9.17) is 4.74 Å². The Balaban J connectivity index is 2.46. The van der Waals surface area contributed by atoms with Crippen molar-refractivity contribution in [2.24, 2.45) is 0 Å². The molecule has 1 N–H and O–H groups in total. The van der Waals surface area contributed by atoms with E-state index in [1.54, 1.807) is 6.92 Å². The number of hydrogen-bond donors (Lipinski definition) is 1. The first-order valence-electron chi connectivity index (χ1n) is 6.15. The summed E-state index contributed by atoms with van der Waals surface area (Å²) in [5.74, 6) is 0.715. The first kappa shape index (κ1) is 13.6. The van der Waals surface area contributed by atoms with Gasteiger partial charge in [-0.25, -0.2) is 0 Å². The van der Waals surface area contributed by atoms with Gasteiger partial charge >= 0.3 is 0 Å². The molecule has 0 fully saturated rings. The summed E-state index contributed by atoms with van der Waals surface area (Å²) in [5, 5.41) is 2.86. The molecule has 1 aromatic rings. The summed E-state index contributed by atoms with van der Waals surface area (Å²) in [5.41, 5.74) is 1.04. The third-order valence-corrected chi connectivity index (χ3v) is 2.60. The van der Waals surface area contributed by atoms with Gasteiger partial charge in [-0.3, -0.25) is 4.79 Å². The van der Waals surface area contributed by atoms with Gasteiger partial charge in [-0.2, -0.15) is 0 Å². The molecule has 0 radical (unpaired) electrons. The minimum atomic E-state index is -0.451. The lowest BCUT2D eigenvalue weighted by atomic mass is 10.2. The average molecular weight is 235 g/mol. The van der Waals surface area contributed by atoms with Gasteiger partial charge in [-0.15, -0.1) is 0 Å². The molecular formula is C14H21NO2. The number of para-hydroxylation sites is 1. The van der Waals surface area contributed by atoms with Gasteiger partial charge in [0.15, 0.2) is 6.10 Å². The van der Waals surface area contributed by atoms with Gasteiger partial charge in [0.1, 0.15) is 5.75 Å². The third-order valence-electron chi connectivity index (χ3n) is 2.60. The molecule has 0 bridgehead atoms. The zero-order valence-electron chi connectivity index (χ0n) is 10.8. The molecule has 0 aliphatic carbocycles. The van der Waals surface area contributed by atoms with Crippen LogP contribution in [0.1, 0.15) is 32.3 Å². The lowest BCUT2D eigenvalue weighted by Crippen LogP contribution is -2.36. The van der Waals surface area contributed by atoms with Crippen molar-refractivity contribution in [3.8, 4) is 5.75 Å². The van der Waals surface area contributed by atoms with Crippen LogP contribution in [0, 0.1) is 6.92 Å². The second kappa shape index (κ2) is 6.94. The predicted molar refractivity (Wildman–Crippen MR) is 69.2 cm³/mol. The Morgan fingerprint density at radius 2 is 2.12 bits per heavy atom. The number of ether oxygens (including phenoxy) is 1. The molecule has 0 saturated carbocycles. The van der Waals surface area contributed by atoms with E-state index < -0.39 is 6.10 Å². The largest absolute Gasteiger partial charge is 0.481 e. The minimum absolute atomic E-state index is 0.0540. The summed E-state index contributed by atoms with van der Waals surface area (Å²) in [6, 6.07) is 7.71. The normalized spacial score (nSPS) is 11.9. The van der Waals surface area contributed by atoms with Crippen LogP contribution in [-0.2, 0) is 4.79 Å². The summed E-state index contributed by atoms with van der Waals surface area (Å²) in [7, 11) is 0. The molecule has 0 aromatic heterocycles. The average Bonchev–Trinajstić information content (AvgIpc) is 2.32. The van der Waals surface area contributed by atoms with Gasteiger partial charge in [0.05, 0.1) is 0 Å². The van der Waals surface area contributed by atoms with Crippen molar-refractivity contribution in [3.63, 3.8) is 0 Å². The Labute approximate surface area is 103 Å². The molecule has 3 heteroatoms. The predicted octanol–water partition coefficient (Wildman–Crippen LogP) is 2.68. The standard InChI is InChI=1S/C14H21NO2/c1-4-5-10-15-14(16)12(3)17-13-9-7-6-8-11(13)2/h6-9,12H,4-5,10H2,1-3H3,(H,15,16)/t12-/m0/s1. The van der Waals surface area contributed by atoms with E-state index in [-0.39, 0.29) is 5.91 Å². The van der Waals surface area contributed by atoms with Gasteiger partial charge in [-0.1, -0.05) is 31.5 Å². The fraction of sp³-hybridized carbons (Fsp3) is 0.500. The minimum Gasteiger partial charge on any atom is -0.481 e. The monoisotopic (exact) mass is 235 g/mol. The van der Waals surface area contributed by atoms with Crippen molar-refractivity contribution in [2.45, 2.75) is 39.7 Å². The van der Waals surface area contributed by atoms with Crippen LogP contribution in [0.25, 0.3) is 0 Å². The summed E-state index contributed by atoms with van der Waals surface area (Å²) in [6.45, 7) is 6.56. The van der Waals surface area contributed by atoms with Gasteiger partial charge in [-0.05, 0) is 31.9 Å². The van der Waals surface area contributed by atoms with Crippen LogP contribution in [0.15, 0.2) is 24.3 Å². The number of aryl methyl sites for hydroxylation is 1. The van der Waals surface area contributed by atoms with Gasteiger partial charge in [0.25, 0.3) is 5.91 Å². The zero-order valence-corrected chi connectivity index (χ0v) is 10.8. The summed E-state index contributed by atoms with van der Waals surface area (Å²) >= 11 is 0. The Morgan fingerprint density at radius 3 is 2.76 bits per heavy atom. The summed E-state index contributed by atoms with van der Waals surface area (Å²) in [4.78, 5) is 11.7. The van der Waals surface area contributed by atoms with Crippen LogP contribution in [-0.4, -0.2) is 18.6 Å². The van der Waals surface area contributed by atoms with E-state index in [9.17, 15) is 4.79 Å². The molecule has 3 nitrogen and oxygen atoms in total. The molecule has 0 saturated heterocycles. The number of nitrogens with one attached hydrogen (secondary N) is 1. The zero-order chi connectivity index (χ0) is 12.7. The molecule has 0 spiro atoms. The maximum absolute atomic E-state index is 11.7. The molecule has 1 aromatic carbocycles. The van der Waals surface area contributed by atoms with Crippen LogP contribution in [0.3, 0.4) is 0 Å². The highest BCUT2D eigenvalue weighted by Gasteiger charge is 2.14. The molecule has 17 heavy (non-hydrogen) atoms. The molecule has 1 rings (SSSR count). The van der Waals surface area contributed by atoms with E-state index in [1.807, 2.05) is 31.2 Å². The van der Waals surface area contributed by atoms with Crippen LogP contribution in [0.5, 0.6) is 5.75 Å². The van der Waals surface area contributed by atoms with Crippen molar-refractivity contribution in [1.29, 1.82) is 0 Å². The number of carbonyl (C=O) groups excluding carboxylic acids is 1. The Bertz CT molecular complexity index is 363. The molecule has 1 amide bonds. The molecular weight excluding hydrogens is 214 g/mol. The molecule has 0 aliphatic heterocycles. The lowest BCUT2D eigenvalue weighted by Gasteiger charge is -2.15. The van der Waals surface area contributed by atoms with Gasteiger partial charge in [0.2, 0.25) is 0 Å². The molecule has 0 aliphatic rings. The topological polar surface area (TPSA) is 38.3 Å². The molecule has 0 unspecified atom stereocenters. The fourth-order valence-electron chi connectivity index (χ4n) is 1.46. The van der Waals surface area contributed by atoms with Crippen LogP contribution >= 0.6 is 0 Å². The van der Waals surface area contributed by atoms with E-state index in [0.717, 1.165) is 30.7 Å². The SMILES string of the molecule is CCCCNC(=O)[C@H](C)Oc1ccccc1C. The molecule has 1 atom stereocenters. The number of carbonyl (C=O) groups is 1. The van der Waals surface area contributed by atoms with Gasteiger partial charge < -0.3 is 10.1 Å². The molecule has 94 valence electrons. The Kier molecular flexibility index (Phi) is 5.53. The lowest BCUT2D eigenvalue weighted by molar-refractivity contribution is -0.127. The Morgan fingerprint density at radius 1 is 1.41 bits per heavy atom. The third kappa shape index (κ3) is 4.47. The first-order valence-corrected chi connectivity index (χ1v) is 6.15. The van der Waals surface area contributed by atoms with E-state index in [0.29, 0.717) is 0 Å². The Hall–Kier alpha value is -1.51. The van der Waals surface area contributed by atoms with Crippen LogP contribution < -0.4 is 10.1 Å². The number of unbranched alkanes of at least 4 members (excludes halogenated alkanes) is 1. The van der Waals surface area contributed by atoms with Crippen molar-refractivity contribution in [3.05, 3.63) is 29.8 Å². The van der Waals surface area contributed by atoms with Crippen molar-refractivity contribution in [1.82, 2.24) is 5.32 Å². The van der Waals surface area contributed by atoms with Gasteiger partial charge in [0, 0.05) is 6.54 Å². The summed E-state index contributed by atoms with van der Waals surface area (Å²) in [6.07, 6.45) is 1.63. The highest BCUT2D eigenvalue weighted by molar-refractivity contribution is 5.80. The maximum atomic E-state index is 11.7. The number of benzene rings is 1. The number of rotatable bonds is 6. The van der Waals surface area contributed by atoms with Crippen LogP contribution in [0.4, 0.5) is 0 Å².